The van der Waals surface area contributed by atoms with Crippen molar-refractivity contribution in [3.05, 3.63) is 37.3 Å². The number of hydrogen-bond acceptors (Lipinski definition) is 2. The summed E-state index contributed by atoms with van der Waals surface area (Å²) in [6.07, 6.45) is 6.07. The number of nitrogens with zero attached hydrogens (tertiary/aromatic N) is 3. The van der Waals surface area contributed by atoms with Crippen molar-refractivity contribution in [2.45, 2.75) is 6.42 Å². The highest BCUT2D eigenvalue weighted by atomic mass is 15.2. The molecule has 2 aromatic heterocycles. The van der Waals surface area contributed by atoms with Gasteiger partial charge in [-0.3, -0.25) is 0 Å². The van der Waals surface area contributed by atoms with Gasteiger partial charge in [0.2, 0.25) is 0 Å². The molecule has 2 rings (SSSR count). The van der Waals surface area contributed by atoms with Crippen molar-refractivity contribution in [1.82, 2.24) is 14.6 Å². The Morgan fingerprint density at radius 1 is 1.55 bits per heavy atom. The van der Waals surface area contributed by atoms with Crippen LogP contribution in [0, 0.1) is 6.92 Å². The quantitative estimate of drug-likeness (QED) is 0.603. The van der Waals surface area contributed by atoms with E-state index in [1.807, 2.05) is 12.3 Å². The van der Waals surface area contributed by atoms with Gasteiger partial charge in [-0.1, -0.05) is 0 Å². The van der Waals surface area contributed by atoms with E-state index in [9.17, 15) is 0 Å². The lowest BCUT2D eigenvalue weighted by Crippen LogP contribution is -1.87. The zero-order valence-electron chi connectivity index (χ0n) is 6.07. The SMILES string of the molecule is [CH2]Cc1cc2cncnn2c1. The molecule has 0 bridgehead atoms. The number of aromatic nitrogens is 3. The average molecular weight is 146 g/mol. The molecule has 11 heavy (non-hydrogen) atoms. The van der Waals surface area contributed by atoms with E-state index in [1.54, 1.807) is 10.7 Å². The molecule has 0 fully saturated rings. The van der Waals surface area contributed by atoms with Crippen LogP contribution in [-0.2, 0) is 6.42 Å². The van der Waals surface area contributed by atoms with Crippen LogP contribution in [0.5, 0.6) is 0 Å². The summed E-state index contributed by atoms with van der Waals surface area (Å²) in [5, 5.41) is 4.03. The van der Waals surface area contributed by atoms with E-state index in [-0.39, 0.29) is 0 Å². The fourth-order valence-electron chi connectivity index (χ4n) is 1.05. The molecule has 3 heteroatoms. The lowest BCUT2D eigenvalue weighted by atomic mass is 10.3. The van der Waals surface area contributed by atoms with Gasteiger partial charge in [0.05, 0.1) is 11.7 Å². The molecule has 0 aliphatic heterocycles. The molecule has 55 valence electrons. The Bertz CT molecular complexity index is 331. The minimum Gasteiger partial charge on any atom is -0.241 e. The van der Waals surface area contributed by atoms with Crippen LogP contribution in [0.15, 0.2) is 24.8 Å². The smallest absolute Gasteiger partial charge is 0.136 e. The normalized spacial score (nSPS) is 10.6. The van der Waals surface area contributed by atoms with Crippen molar-refractivity contribution < 1.29 is 0 Å². The second-order valence-electron chi connectivity index (χ2n) is 2.38. The van der Waals surface area contributed by atoms with Gasteiger partial charge in [-0.15, -0.1) is 0 Å². The Hall–Kier alpha value is -1.38. The fraction of sp³-hybridized carbons (Fsp3) is 0.125. The molecule has 0 N–H and O–H groups in total. The van der Waals surface area contributed by atoms with Crippen molar-refractivity contribution in [2.24, 2.45) is 0 Å². The molecule has 0 unspecified atom stereocenters. The first kappa shape index (κ1) is 6.34. The van der Waals surface area contributed by atoms with E-state index in [2.05, 4.69) is 17.0 Å². The van der Waals surface area contributed by atoms with Crippen LogP contribution < -0.4 is 0 Å². The van der Waals surface area contributed by atoms with Gasteiger partial charge in [0.15, 0.2) is 0 Å². The van der Waals surface area contributed by atoms with Crippen LogP contribution >= 0.6 is 0 Å². The molecule has 2 heterocycles. The van der Waals surface area contributed by atoms with Gasteiger partial charge in [0, 0.05) is 6.20 Å². The third-order valence-corrected chi connectivity index (χ3v) is 1.62. The lowest BCUT2D eigenvalue weighted by molar-refractivity contribution is 0.899. The molecule has 3 nitrogen and oxygen atoms in total. The highest BCUT2D eigenvalue weighted by Gasteiger charge is 1.95. The third kappa shape index (κ3) is 0.981. The highest BCUT2D eigenvalue weighted by Crippen LogP contribution is 2.06. The summed E-state index contributed by atoms with van der Waals surface area (Å²) in [5.41, 5.74) is 2.21. The van der Waals surface area contributed by atoms with E-state index < -0.39 is 0 Å². The van der Waals surface area contributed by atoms with Gasteiger partial charge >= 0.3 is 0 Å². The van der Waals surface area contributed by atoms with Crippen molar-refractivity contribution in [1.29, 1.82) is 0 Å². The van der Waals surface area contributed by atoms with Gasteiger partial charge in [-0.25, -0.2) is 9.50 Å². The molecule has 1 radical (unpaired) electrons. The summed E-state index contributed by atoms with van der Waals surface area (Å²) < 4.78 is 1.80. The van der Waals surface area contributed by atoms with Gasteiger partial charge in [-0.2, -0.15) is 5.10 Å². The van der Waals surface area contributed by atoms with Crippen LogP contribution in [0.25, 0.3) is 5.52 Å². The van der Waals surface area contributed by atoms with E-state index in [1.165, 1.54) is 11.9 Å². The Kier molecular flexibility index (Phi) is 1.35. The van der Waals surface area contributed by atoms with Crippen molar-refractivity contribution >= 4 is 5.52 Å². The Morgan fingerprint density at radius 2 is 2.45 bits per heavy atom. The van der Waals surface area contributed by atoms with Crippen molar-refractivity contribution in [2.75, 3.05) is 0 Å². The second-order valence-corrected chi connectivity index (χ2v) is 2.38. The van der Waals surface area contributed by atoms with E-state index >= 15 is 0 Å². The van der Waals surface area contributed by atoms with Crippen LogP contribution in [0.2, 0.25) is 0 Å². The summed E-state index contributed by atoms with van der Waals surface area (Å²) in [5.74, 6) is 0. The Labute approximate surface area is 64.7 Å². The van der Waals surface area contributed by atoms with Crippen LogP contribution in [0.1, 0.15) is 5.56 Å². The molecule has 0 atom stereocenters. The number of hydrogen-bond donors (Lipinski definition) is 0. The molecule has 0 amide bonds. The topological polar surface area (TPSA) is 30.2 Å². The molecule has 0 saturated carbocycles. The van der Waals surface area contributed by atoms with Crippen molar-refractivity contribution in [3.63, 3.8) is 0 Å². The molecular formula is C8H8N3. The highest BCUT2D eigenvalue weighted by molar-refractivity contribution is 5.46. The number of rotatable bonds is 1. The summed E-state index contributed by atoms with van der Waals surface area (Å²) in [6, 6.07) is 2.03. The first-order valence-corrected chi connectivity index (χ1v) is 3.46. The second kappa shape index (κ2) is 2.34. The van der Waals surface area contributed by atoms with E-state index in [0.29, 0.717) is 0 Å². The monoisotopic (exact) mass is 146 g/mol. The van der Waals surface area contributed by atoms with Gasteiger partial charge < -0.3 is 0 Å². The molecular weight excluding hydrogens is 138 g/mol. The molecule has 0 spiro atoms. The third-order valence-electron chi connectivity index (χ3n) is 1.62. The summed E-state index contributed by atoms with van der Waals surface area (Å²) in [6.45, 7) is 3.79. The van der Waals surface area contributed by atoms with Crippen LogP contribution in [0.4, 0.5) is 0 Å². The van der Waals surface area contributed by atoms with Crippen LogP contribution in [-0.4, -0.2) is 14.6 Å². The maximum absolute atomic E-state index is 4.03. The number of fused-ring (bicyclic) bond motifs is 1. The molecule has 0 aromatic carbocycles. The maximum atomic E-state index is 4.03. The lowest BCUT2D eigenvalue weighted by Gasteiger charge is -1.86. The first-order valence-electron chi connectivity index (χ1n) is 3.46. The summed E-state index contributed by atoms with van der Waals surface area (Å²) in [7, 11) is 0. The predicted octanol–water partition coefficient (Wildman–Crippen LogP) is 1.11. The zero-order valence-corrected chi connectivity index (χ0v) is 6.07. The Morgan fingerprint density at radius 3 is 3.18 bits per heavy atom. The first-order chi connectivity index (χ1) is 5.40. The van der Waals surface area contributed by atoms with Crippen LogP contribution in [0.3, 0.4) is 0 Å². The zero-order chi connectivity index (χ0) is 7.68. The summed E-state index contributed by atoms with van der Waals surface area (Å²) in [4.78, 5) is 3.91. The largest absolute Gasteiger partial charge is 0.241 e. The molecule has 0 aliphatic rings. The minimum absolute atomic E-state index is 0.795. The van der Waals surface area contributed by atoms with E-state index in [4.69, 9.17) is 0 Å². The van der Waals surface area contributed by atoms with E-state index in [0.717, 1.165) is 11.9 Å². The predicted molar refractivity (Wildman–Crippen MR) is 42.0 cm³/mol. The summed E-state index contributed by atoms with van der Waals surface area (Å²) >= 11 is 0. The Balaban J connectivity index is 2.69. The standard InChI is InChI=1S/C8H8N3/c1-2-7-3-8-4-9-6-10-11(8)5-7/h3-6H,1-2H2. The van der Waals surface area contributed by atoms with Crippen molar-refractivity contribution in [3.8, 4) is 0 Å². The maximum Gasteiger partial charge on any atom is 0.136 e. The van der Waals surface area contributed by atoms with Gasteiger partial charge in [-0.05, 0) is 25.0 Å². The average Bonchev–Trinajstić information content (AvgIpc) is 2.46. The molecule has 0 saturated heterocycles. The molecule has 0 aliphatic carbocycles. The fourth-order valence-corrected chi connectivity index (χ4v) is 1.05. The molecule has 2 aromatic rings. The van der Waals surface area contributed by atoms with Gasteiger partial charge in [0.25, 0.3) is 0 Å². The van der Waals surface area contributed by atoms with Gasteiger partial charge in [0.1, 0.15) is 6.33 Å². The minimum atomic E-state index is 0.795.